The molecule has 0 aliphatic carbocycles. The Hall–Kier alpha value is 0.360. The van der Waals surface area contributed by atoms with Crippen LogP contribution in [-0.2, 0) is 0 Å². The molecule has 0 saturated heterocycles. The van der Waals surface area contributed by atoms with Gasteiger partial charge in [-0.2, -0.15) is 0 Å². The average Bonchev–Trinajstić information content (AvgIpc) is 1.38. The monoisotopic (exact) mass is 94.0 g/mol. The summed E-state index contributed by atoms with van der Waals surface area (Å²) in [7, 11) is 2.07. The quantitative estimate of drug-likeness (QED) is 0.432. The molecule has 0 rings (SSSR count). The fraction of sp³-hybridized carbons (Fsp3) is 1.00. The van der Waals surface area contributed by atoms with Crippen LogP contribution < -0.4 is 0 Å². The summed E-state index contributed by atoms with van der Waals surface area (Å²) in [6, 6.07) is 0. The molecule has 0 fully saturated rings. The Morgan fingerprint density at radius 3 is 2.20 bits per heavy atom. The van der Waals surface area contributed by atoms with Gasteiger partial charge in [-0.25, -0.2) is 4.39 Å². The first-order chi connectivity index (χ1) is 2.27. The zero-order valence-corrected chi connectivity index (χ0v) is 4.39. The SMILES string of the molecule is CCC(F)P. The Kier molecular flexibility index (Phi) is 2.78. The lowest BCUT2D eigenvalue weighted by molar-refractivity contribution is 0.442. The van der Waals surface area contributed by atoms with Crippen molar-refractivity contribution in [2.45, 2.75) is 19.3 Å². The molecule has 0 aromatic carbocycles. The second-order valence-corrected chi connectivity index (χ2v) is 1.65. The minimum Gasteiger partial charge on any atom is -0.243 e. The van der Waals surface area contributed by atoms with E-state index in [1.165, 1.54) is 0 Å². The van der Waals surface area contributed by atoms with Crippen molar-refractivity contribution in [2.24, 2.45) is 0 Å². The molecule has 0 radical (unpaired) electrons. The van der Waals surface area contributed by atoms with Crippen molar-refractivity contribution in [3.63, 3.8) is 0 Å². The lowest BCUT2D eigenvalue weighted by atomic mass is 10.6. The van der Waals surface area contributed by atoms with Crippen molar-refractivity contribution in [3.8, 4) is 0 Å². The van der Waals surface area contributed by atoms with E-state index in [1.54, 1.807) is 6.92 Å². The van der Waals surface area contributed by atoms with Gasteiger partial charge in [0, 0.05) is 0 Å². The van der Waals surface area contributed by atoms with Gasteiger partial charge in [0.15, 0.2) is 0 Å². The van der Waals surface area contributed by atoms with Crippen molar-refractivity contribution in [3.05, 3.63) is 0 Å². The Labute approximate surface area is 34.0 Å². The summed E-state index contributed by atoms with van der Waals surface area (Å²) in [5.41, 5.74) is 0. The first-order valence-corrected chi connectivity index (χ1v) is 2.33. The number of rotatable bonds is 1. The molecular formula is C3H8FP. The van der Waals surface area contributed by atoms with E-state index >= 15 is 0 Å². The molecule has 0 nitrogen and oxygen atoms in total. The average molecular weight is 94.1 g/mol. The number of hydrogen-bond acceptors (Lipinski definition) is 0. The molecule has 0 N–H and O–H groups in total. The van der Waals surface area contributed by atoms with Crippen LogP contribution in [0.2, 0.25) is 0 Å². The third kappa shape index (κ3) is 4.36. The van der Waals surface area contributed by atoms with Gasteiger partial charge in [-0.05, 0) is 6.42 Å². The molecule has 0 bridgehead atoms. The molecule has 2 heteroatoms. The summed E-state index contributed by atoms with van der Waals surface area (Å²) in [6.45, 7) is 1.80. The van der Waals surface area contributed by atoms with E-state index in [0.29, 0.717) is 6.42 Å². The van der Waals surface area contributed by atoms with Crippen LogP contribution >= 0.6 is 9.24 Å². The van der Waals surface area contributed by atoms with E-state index in [2.05, 4.69) is 9.24 Å². The molecule has 0 heterocycles. The van der Waals surface area contributed by atoms with E-state index in [0.717, 1.165) is 0 Å². The van der Waals surface area contributed by atoms with Gasteiger partial charge in [0.2, 0.25) is 0 Å². The highest BCUT2D eigenvalue weighted by Gasteiger charge is 1.85. The zero-order chi connectivity index (χ0) is 4.28. The van der Waals surface area contributed by atoms with Gasteiger partial charge in [-0.1, -0.05) is 6.92 Å². The number of alkyl halides is 1. The highest BCUT2D eigenvalue weighted by Crippen LogP contribution is 2.02. The molecule has 32 valence electrons. The Morgan fingerprint density at radius 2 is 2.20 bits per heavy atom. The van der Waals surface area contributed by atoms with Crippen molar-refractivity contribution in [1.29, 1.82) is 0 Å². The van der Waals surface area contributed by atoms with Gasteiger partial charge in [0.25, 0.3) is 0 Å². The number of hydrogen-bond donors (Lipinski definition) is 0. The number of halogens is 1. The van der Waals surface area contributed by atoms with Crippen molar-refractivity contribution in [2.75, 3.05) is 0 Å². The second-order valence-electron chi connectivity index (χ2n) is 0.924. The van der Waals surface area contributed by atoms with Crippen LogP contribution in [0.5, 0.6) is 0 Å². The van der Waals surface area contributed by atoms with E-state index in [1.807, 2.05) is 0 Å². The Balaban J connectivity index is 2.54. The fourth-order valence-corrected chi connectivity index (χ4v) is 0. The van der Waals surface area contributed by atoms with Gasteiger partial charge in [-0.3, -0.25) is 0 Å². The van der Waals surface area contributed by atoms with Gasteiger partial charge < -0.3 is 0 Å². The summed E-state index contributed by atoms with van der Waals surface area (Å²) in [5.74, 6) is -0.699. The second kappa shape index (κ2) is 2.59. The van der Waals surface area contributed by atoms with Gasteiger partial charge >= 0.3 is 0 Å². The van der Waals surface area contributed by atoms with Crippen LogP contribution in [0, 0.1) is 0 Å². The smallest absolute Gasteiger partial charge is 0.113 e. The molecule has 0 aromatic heterocycles. The van der Waals surface area contributed by atoms with Gasteiger partial charge in [-0.15, -0.1) is 9.24 Å². The van der Waals surface area contributed by atoms with Crippen molar-refractivity contribution in [1.82, 2.24) is 0 Å². The molecule has 0 amide bonds. The van der Waals surface area contributed by atoms with Crippen LogP contribution in [0.3, 0.4) is 0 Å². The lowest BCUT2D eigenvalue weighted by Crippen LogP contribution is -1.76. The van der Waals surface area contributed by atoms with Crippen molar-refractivity contribution >= 4 is 9.24 Å². The van der Waals surface area contributed by atoms with Crippen molar-refractivity contribution < 1.29 is 4.39 Å². The summed E-state index contributed by atoms with van der Waals surface area (Å²) in [4.78, 5) is 0. The largest absolute Gasteiger partial charge is 0.243 e. The molecule has 2 unspecified atom stereocenters. The molecule has 0 spiro atoms. The summed E-state index contributed by atoms with van der Waals surface area (Å²) in [6.07, 6.45) is 0.602. The van der Waals surface area contributed by atoms with Gasteiger partial charge in [0.05, 0.1) is 0 Å². The zero-order valence-electron chi connectivity index (χ0n) is 3.24. The standard InChI is InChI=1S/C3H8FP/c1-2-3(4)5/h3H,2,5H2,1H3. The van der Waals surface area contributed by atoms with Crippen LogP contribution in [0.25, 0.3) is 0 Å². The molecular weight excluding hydrogens is 86.0 g/mol. The minimum absolute atomic E-state index is 0.602. The topological polar surface area (TPSA) is 0 Å². The van der Waals surface area contributed by atoms with Gasteiger partial charge in [0.1, 0.15) is 5.91 Å². The summed E-state index contributed by atoms with van der Waals surface area (Å²) >= 11 is 0. The molecule has 5 heavy (non-hydrogen) atoms. The highest BCUT2D eigenvalue weighted by atomic mass is 31.0. The predicted molar refractivity (Wildman–Crippen MR) is 24.9 cm³/mol. The first-order valence-electron chi connectivity index (χ1n) is 1.67. The minimum atomic E-state index is -0.699. The normalized spacial score (nSPS) is 15.0. The van der Waals surface area contributed by atoms with Crippen LogP contribution in [0.15, 0.2) is 0 Å². The predicted octanol–water partition coefficient (Wildman–Crippen LogP) is 1.57. The van der Waals surface area contributed by atoms with E-state index in [-0.39, 0.29) is 0 Å². The van der Waals surface area contributed by atoms with E-state index < -0.39 is 5.91 Å². The lowest BCUT2D eigenvalue weighted by Gasteiger charge is -1.86. The summed E-state index contributed by atoms with van der Waals surface area (Å²) < 4.78 is 11.4. The maximum atomic E-state index is 11.4. The van der Waals surface area contributed by atoms with Crippen LogP contribution in [0.4, 0.5) is 4.39 Å². The third-order valence-electron chi connectivity index (χ3n) is 0.390. The van der Waals surface area contributed by atoms with Crippen LogP contribution in [0.1, 0.15) is 13.3 Å². The highest BCUT2D eigenvalue weighted by molar-refractivity contribution is 7.17. The Bertz CT molecular complexity index is 20.9. The maximum Gasteiger partial charge on any atom is 0.113 e. The van der Waals surface area contributed by atoms with Crippen LogP contribution in [-0.4, -0.2) is 5.91 Å². The molecule has 0 aromatic rings. The fourth-order valence-electron chi connectivity index (χ4n) is 0. The van der Waals surface area contributed by atoms with E-state index in [9.17, 15) is 4.39 Å². The molecule has 0 aliphatic heterocycles. The maximum absolute atomic E-state index is 11.4. The molecule has 2 atom stereocenters. The Morgan fingerprint density at radius 1 is 2.00 bits per heavy atom. The summed E-state index contributed by atoms with van der Waals surface area (Å²) in [5, 5.41) is 0. The molecule has 0 aliphatic rings. The molecule has 0 saturated carbocycles. The van der Waals surface area contributed by atoms with E-state index in [4.69, 9.17) is 0 Å². The third-order valence-corrected chi connectivity index (χ3v) is 0.861. The first kappa shape index (κ1) is 5.36.